The number of alkyl halides is 1. The van der Waals surface area contributed by atoms with Crippen LogP contribution in [0, 0.1) is 5.92 Å². The predicted molar refractivity (Wildman–Crippen MR) is 39.2 cm³/mol. The van der Waals surface area contributed by atoms with Crippen LogP contribution in [0.3, 0.4) is 0 Å². The third-order valence-electron chi connectivity index (χ3n) is 1.09. The first-order chi connectivity index (χ1) is 4.16. The maximum absolute atomic E-state index is 12.4. The highest BCUT2D eigenvalue weighted by Gasteiger charge is 1.94. The van der Waals surface area contributed by atoms with Gasteiger partial charge in [-0.2, -0.15) is 0 Å². The summed E-state index contributed by atoms with van der Waals surface area (Å²) >= 11 is 0. The lowest BCUT2D eigenvalue weighted by molar-refractivity contribution is 0.389. The van der Waals surface area contributed by atoms with Crippen LogP contribution >= 0.6 is 0 Å². The van der Waals surface area contributed by atoms with E-state index in [2.05, 4.69) is 0 Å². The van der Waals surface area contributed by atoms with Crippen molar-refractivity contribution in [2.45, 2.75) is 33.4 Å². The summed E-state index contributed by atoms with van der Waals surface area (Å²) in [6.45, 7) is 5.92. The van der Waals surface area contributed by atoms with Gasteiger partial charge in [0, 0.05) is 0 Å². The second-order valence-corrected chi connectivity index (χ2v) is 2.55. The lowest BCUT2D eigenvalue weighted by atomic mass is 10.2. The molecule has 0 aromatic heterocycles. The van der Waals surface area contributed by atoms with E-state index in [0.717, 1.165) is 0 Å². The quantitative estimate of drug-likeness (QED) is 0.515. The Morgan fingerprint density at radius 2 is 1.89 bits per heavy atom. The van der Waals surface area contributed by atoms with Crippen LogP contribution in [-0.2, 0) is 0 Å². The van der Waals surface area contributed by atoms with Gasteiger partial charge in [0.15, 0.2) is 0 Å². The van der Waals surface area contributed by atoms with E-state index >= 15 is 0 Å². The summed E-state index contributed by atoms with van der Waals surface area (Å²) in [5.74, 6) is 0.467. The summed E-state index contributed by atoms with van der Waals surface area (Å²) in [6.07, 6.45) is 3.37. The summed E-state index contributed by atoms with van der Waals surface area (Å²) in [6, 6.07) is 0. The molecule has 1 unspecified atom stereocenters. The Hall–Kier alpha value is -0.330. The highest BCUT2D eigenvalue weighted by molar-refractivity contribution is 4.89. The topological polar surface area (TPSA) is 0 Å². The molecule has 0 rings (SSSR count). The second kappa shape index (κ2) is 4.54. The average molecular weight is 130 g/mol. The molecule has 0 bridgehead atoms. The Labute approximate surface area is 56.8 Å². The fourth-order valence-corrected chi connectivity index (χ4v) is 0.479. The van der Waals surface area contributed by atoms with Gasteiger partial charge in [-0.15, -0.1) is 0 Å². The molecule has 0 N–H and O–H groups in total. The number of rotatable bonds is 3. The SMILES string of the molecule is CCC(F)/C=C\C(C)C. The summed E-state index contributed by atoms with van der Waals surface area (Å²) in [7, 11) is 0. The lowest BCUT2D eigenvalue weighted by Gasteiger charge is -1.96. The molecule has 0 saturated carbocycles. The predicted octanol–water partition coefficient (Wildman–Crippen LogP) is 2.95. The van der Waals surface area contributed by atoms with E-state index in [-0.39, 0.29) is 0 Å². The van der Waals surface area contributed by atoms with E-state index in [1.165, 1.54) is 0 Å². The summed E-state index contributed by atoms with van der Waals surface area (Å²) in [5, 5.41) is 0. The van der Waals surface area contributed by atoms with Crippen LogP contribution in [0.2, 0.25) is 0 Å². The van der Waals surface area contributed by atoms with E-state index in [0.29, 0.717) is 12.3 Å². The largest absolute Gasteiger partial charge is 0.243 e. The van der Waals surface area contributed by atoms with Crippen molar-refractivity contribution in [3.8, 4) is 0 Å². The average Bonchev–Trinajstić information content (AvgIpc) is 1.83. The van der Waals surface area contributed by atoms with Gasteiger partial charge in [-0.05, 0) is 12.3 Å². The minimum Gasteiger partial charge on any atom is -0.243 e. The van der Waals surface area contributed by atoms with E-state index in [4.69, 9.17) is 0 Å². The Balaban J connectivity index is 3.43. The van der Waals surface area contributed by atoms with Crippen molar-refractivity contribution in [3.63, 3.8) is 0 Å². The second-order valence-electron chi connectivity index (χ2n) is 2.55. The van der Waals surface area contributed by atoms with Crippen LogP contribution in [0.5, 0.6) is 0 Å². The molecule has 0 aliphatic carbocycles. The molecule has 0 fully saturated rings. The Morgan fingerprint density at radius 1 is 1.33 bits per heavy atom. The Kier molecular flexibility index (Phi) is 4.37. The zero-order valence-electron chi connectivity index (χ0n) is 6.39. The van der Waals surface area contributed by atoms with E-state index in [1.54, 1.807) is 6.08 Å². The van der Waals surface area contributed by atoms with Gasteiger partial charge >= 0.3 is 0 Å². The van der Waals surface area contributed by atoms with Crippen molar-refractivity contribution in [1.29, 1.82) is 0 Å². The number of allylic oxidation sites excluding steroid dienone is 2. The van der Waals surface area contributed by atoms with Crippen molar-refractivity contribution in [3.05, 3.63) is 12.2 Å². The van der Waals surface area contributed by atoms with Crippen LogP contribution in [0.25, 0.3) is 0 Å². The molecule has 0 nitrogen and oxygen atoms in total. The highest BCUT2D eigenvalue weighted by atomic mass is 19.1. The van der Waals surface area contributed by atoms with Gasteiger partial charge in [0.25, 0.3) is 0 Å². The van der Waals surface area contributed by atoms with Crippen LogP contribution in [0.4, 0.5) is 4.39 Å². The highest BCUT2D eigenvalue weighted by Crippen LogP contribution is 2.01. The van der Waals surface area contributed by atoms with Crippen LogP contribution in [-0.4, -0.2) is 6.17 Å². The van der Waals surface area contributed by atoms with Gasteiger partial charge in [0.2, 0.25) is 0 Å². The molecule has 0 radical (unpaired) electrons. The molecule has 1 heteroatoms. The smallest absolute Gasteiger partial charge is 0.118 e. The summed E-state index contributed by atoms with van der Waals surface area (Å²) in [4.78, 5) is 0. The van der Waals surface area contributed by atoms with Gasteiger partial charge in [-0.1, -0.05) is 32.9 Å². The molecule has 0 spiro atoms. The minimum atomic E-state index is -0.743. The number of hydrogen-bond donors (Lipinski definition) is 0. The minimum absolute atomic E-state index is 0.467. The first-order valence-electron chi connectivity index (χ1n) is 3.49. The molecule has 1 atom stereocenters. The number of hydrogen-bond acceptors (Lipinski definition) is 0. The van der Waals surface area contributed by atoms with Crippen LogP contribution in [0.1, 0.15) is 27.2 Å². The Morgan fingerprint density at radius 3 is 2.22 bits per heavy atom. The summed E-state index contributed by atoms with van der Waals surface area (Å²) in [5.41, 5.74) is 0. The van der Waals surface area contributed by atoms with Crippen molar-refractivity contribution in [2.75, 3.05) is 0 Å². The van der Waals surface area contributed by atoms with E-state index < -0.39 is 6.17 Å². The zero-order chi connectivity index (χ0) is 7.28. The van der Waals surface area contributed by atoms with E-state index in [9.17, 15) is 4.39 Å². The van der Waals surface area contributed by atoms with Crippen LogP contribution < -0.4 is 0 Å². The molecular weight excluding hydrogens is 115 g/mol. The standard InChI is InChI=1S/C8H15F/c1-4-8(9)6-5-7(2)3/h5-8H,4H2,1-3H3/b6-5-. The molecule has 54 valence electrons. The molecule has 0 aliphatic rings. The molecule has 0 aromatic carbocycles. The summed E-state index contributed by atoms with van der Waals surface area (Å²) < 4.78 is 12.4. The monoisotopic (exact) mass is 130 g/mol. The molecule has 0 saturated heterocycles. The first-order valence-corrected chi connectivity index (χ1v) is 3.49. The van der Waals surface area contributed by atoms with Crippen molar-refractivity contribution in [2.24, 2.45) is 5.92 Å². The first kappa shape index (κ1) is 8.67. The molecule has 0 aliphatic heterocycles. The third-order valence-corrected chi connectivity index (χ3v) is 1.09. The maximum atomic E-state index is 12.4. The van der Waals surface area contributed by atoms with Gasteiger partial charge in [0.05, 0.1) is 0 Å². The van der Waals surface area contributed by atoms with Gasteiger partial charge in [0.1, 0.15) is 6.17 Å². The van der Waals surface area contributed by atoms with Crippen molar-refractivity contribution >= 4 is 0 Å². The van der Waals surface area contributed by atoms with Crippen molar-refractivity contribution < 1.29 is 4.39 Å². The molecule has 9 heavy (non-hydrogen) atoms. The van der Waals surface area contributed by atoms with Crippen LogP contribution in [0.15, 0.2) is 12.2 Å². The van der Waals surface area contributed by atoms with Gasteiger partial charge in [-0.25, -0.2) is 4.39 Å². The molecule has 0 aromatic rings. The molecule has 0 heterocycles. The molecular formula is C8H15F. The number of halogens is 1. The third kappa shape index (κ3) is 5.54. The fraction of sp³-hybridized carbons (Fsp3) is 0.750. The normalized spacial score (nSPS) is 15.2. The fourth-order valence-electron chi connectivity index (χ4n) is 0.479. The van der Waals surface area contributed by atoms with Gasteiger partial charge in [-0.3, -0.25) is 0 Å². The van der Waals surface area contributed by atoms with Gasteiger partial charge < -0.3 is 0 Å². The van der Waals surface area contributed by atoms with Crippen molar-refractivity contribution in [1.82, 2.24) is 0 Å². The maximum Gasteiger partial charge on any atom is 0.118 e. The molecule has 0 amide bonds. The van der Waals surface area contributed by atoms with E-state index in [1.807, 2.05) is 26.8 Å². The Bertz CT molecular complexity index is 84.6. The zero-order valence-corrected chi connectivity index (χ0v) is 6.39. The lowest BCUT2D eigenvalue weighted by Crippen LogP contribution is -1.91.